The van der Waals surface area contributed by atoms with Crippen LogP contribution >= 0.6 is 0 Å². The third-order valence-electron chi connectivity index (χ3n) is 4.21. The van der Waals surface area contributed by atoms with Crippen LogP contribution in [-0.2, 0) is 9.53 Å². The average molecular weight is 375 g/mol. The number of hydrogen-bond donors (Lipinski definition) is 1. The number of carbonyl (C=O) groups excluding carboxylic acids is 2. The molecule has 0 heterocycles. The Balaban J connectivity index is 1.73. The number of amides is 1. The molecule has 142 valence electrons. The third kappa shape index (κ3) is 4.57. The van der Waals surface area contributed by atoms with Crippen LogP contribution in [0.4, 0.5) is 5.69 Å². The first-order chi connectivity index (χ1) is 13.6. The molecule has 0 bridgehead atoms. The highest BCUT2D eigenvalue weighted by molar-refractivity contribution is 5.98. The second-order valence-electron chi connectivity index (χ2n) is 6.18. The van der Waals surface area contributed by atoms with E-state index in [4.69, 9.17) is 9.47 Å². The quantitative estimate of drug-likeness (QED) is 0.642. The number of rotatable bonds is 6. The fourth-order valence-electron chi connectivity index (χ4n) is 2.77. The molecule has 0 spiro atoms. The predicted molar refractivity (Wildman–Crippen MR) is 108 cm³/mol. The van der Waals surface area contributed by atoms with Crippen LogP contribution in [0.2, 0.25) is 0 Å². The minimum atomic E-state index is -0.753. The van der Waals surface area contributed by atoms with Gasteiger partial charge in [-0.25, -0.2) is 4.79 Å². The number of hydrogen-bond acceptors (Lipinski definition) is 4. The highest BCUT2D eigenvalue weighted by atomic mass is 16.5. The lowest BCUT2D eigenvalue weighted by Gasteiger charge is -2.17. The molecule has 1 amide bonds. The summed E-state index contributed by atoms with van der Waals surface area (Å²) in [5, 5.41) is 2.92. The van der Waals surface area contributed by atoms with E-state index < -0.39 is 12.1 Å². The van der Waals surface area contributed by atoms with Gasteiger partial charge in [-0.1, -0.05) is 54.6 Å². The highest BCUT2D eigenvalue weighted by Gasteiger charge is 2.17. The molecule has 0 fully saturated rings. The summed E-state index contributed by atoms with van der Waals surface area (Å²) in [6, 6.07) is 24.0. The highest BCUT2D eigenvalue weighted by Crippen LogP contribution is 2.27. The Labute approximate surface area is 163 Å². The molecule has 0 aliphatic carbocycles. The molecular weight excluding hydrogens is 354 g/mol. The molecular formula is C23H21NO4. The van der Waals surface area contributed by atoms with E-state index >= 15 is 0 Å². The van der Waals surface area contributed by atoms with Crippen LogP contribution in [0.1, 0.15) is 17.3 Å². The SMILES string of the molecule is COC(=O)c1cccc(O[C@H](C)C(=O)Nc2ccccc2-c2ccccc2)c1. The van der Waals surface area contributed by atoms with Gasteiger partial charge >= 0.3 is 5.97 Å². The molecule has 1 atom stereocenters. The Morgan fingerprint density at radius 3 is 2.36 bits per heavy atom. The minimum absolute atomic E-state index is 0.285. The second-order valence-corrected chi connectivity index (χ2v) is 6.18. The van der Waals surface area contributed by atoms with Crippen molar-refractivity contribution >= 4 is 17.6 Å². The van der Waals surface area contributed by atoms with E-state index in [1.54, 1.807) is 31.2 Å². The second kappa shape index (κ2) is 8.86. The fourth-order valence-corrected chi connectivity index (χ4v) is 2.77. The van der Waals surface area contributed by atoms with Crippen LogP contribution in [0.15, 0.2) is 78.9 Å². The first-order valence-electron chi connectivity index (χ1n) is 8.89. The van der Waals surface area contributed by atoms with Crippen molar-refractivity contribution in [3.05, 3.63) is 84.4 Å². The molecule has 3 aromatic rings. The van der Waals surface area contributed by atoms with Crippen LogP contribution in [-0.4, -0.2) is 25.1 Å². The van der Waals surface area contributed by atoms with Gasteiger partial charge in [0.25, 0.3) is 5.91 Å². The summed E-state index contributed by atoms with van der Waals surface area (Å²) in [7, 11) is 1.32. The van der Waals surface area contributed by atoms with Gasteiger partial charge in [0.2, 0.25) is 0 Å². The lowest BCUT2D eigenvalue weighted by Crippen LogP contribution is -2.30. The zero-order valence-electron chi connectivity index (χ0n) is 15.7. The number of methoxy groups -OCH3 is 1. The van der Waals surface area contributed by atoms with Gasteiger partial charge in [-0.3, -0.25) is 4.79 Å². The summed E-state index contributed by atoms with van der Waals surface area (Å²) < 4.78 is 10.4. The Hall–Kier alpha value is -3.60. The van der Waals surface area contributed by atoms with Crippen LogP contribution < -0.4 is 10.1 Å². The lowest BCUT2D eigenvalue weighted by atomic mass is 10.0. The van der Waals surface area contributed by atoms with E-state index in [0.29, 0.717) is 17.0 Å². The molecule has 0 aliphatic heterocycles. The molecule has 0 saturated carbocycles. The Morgan fingerprint density at radius 2 is 1.61 bits per heavy atom. The summed E-state index contributed by atoms with van der Waals surface area (Å²) in [5.74, 6) is -0.326. The standard InChI is InChI=1S/C23H21NO4/c1-16(28-19-12-8-11-18(15-19)23(26)27-2)22(25)24-21-14-7-6-13-20(21)17-9-4-3-5-10-17/h3-16H,1-2H3,(H,24,25)/t16-/m1/s1. The third-order valence-corrected chi connectivity index (χ3v) is 4.21. The van der Waals surface area contributed by atoms with Gasteiger partial charge in [-0.2, -0.15) is 0 Å². The Kier molecular flexibility index (Phi) is 6.07. The maximum absolute atomic E-state index is 12.6. The molecule has 5 heteroatoms. The molecule has 0 aromatic heterocycles. The maximum atomic E-state index is 12.6. The number of para-hydroxylation sites is 1. The molecule has 5 nitrogen and oxygen atoms in total. The van der Waals surface area contributed by atoms with Crippen molar-refractivity contribution in [3.63, 3.8) is 0 Å². The van der Waals surface area contributed by atoms with Crippen LogP contribution in [0.25, 0.3) is 11.1 Å². The topological polar surface area (TPSA) is 64.6 Å². The van der Waals surface area contributed by atoms with E-state index in [2.05, 4.69) is 5.32 Å². The number of esters is 1. The first kappa shape index (κ1) is 19.2. The van der Waals surface area contributed by atoms with Gasteiger partial charge in [0.1, 0.15) is 5.75 Å². The van der Waals surface area contributed by atoms with Crippen LogP contribution in [0.5, 0.6) is 5.75 Å². The van der Waals surface area contributed by atoms with Gasteiger partial charge in [0.15, 0.2) is 6.10 Å². The summed E-state index contributed by atoms with van der Waals surface area (Å²) in [5.41, 5.74) is 3.01. The van der Waals surface area contributed by atoms with Gasteiger partial charge in [-0.05, 0) is 36.8 Å². The van der Waals surface area contributed by atoms with Crippen molar-refractivity contribution in [1.29, 1.82) is 0 Å². The molecule has 0 saturated heterocycles. The molecule has 0 unspecified atom stereocenters. The molecule has 0 aliphatic rings. The molecule has 3 rings (SSSR count). The van der Waals surface area contributed by atoms with Crippen molar-refractivity contribution < 1.29 is 19.1 Å². The summed E-state index contributed by atoms with van der Waals surface area (Å²) in [4.78, 5) is 24.3. The minimum Gasteiger partial charge on any atom is -0.481 e. The molecule has 28 heavy (non-hydrogen) atoms. The van der Waals surface area contributed by atoms with E-state index in [1.807, 2.05) is 54.6 Å². The lowest BCUT2D eigenvalue weighted by molar-refractivity contribution is -0.122. The smallest absolute Gasteiger partial charge is 0.337 e. The van der Waals surface area contributed by atoms with E-state index in [9.17, 15) is 9.59 Å². The van der Waals surface area contributed by atoms with Gasteiger partial charge in [-0.15, -0.1) is 0 Å². The normalized spacial score (nSPS) is 11.4. The van der Waals surface area contributed by atoms with Crippen LogP contribution in [0.3, 0.4) is 0 Å². The predicted octanol–water partition coefficient (Wildman–Crippen LogP) is 4.55. The fraction of sp³-hybridized carbons (Fsp3) is 0.130. The monoisotopic (exact) mass is 375 g/mol. The molecule has 3 aromatic carbocycles. The maximum Gasteiger partial charge on any atom is 0.337 e. The Morgan fingerprint density at radius 1 is 0.893 bits per heavy atom. The first-order valence-corrected chi connectivity index (χ1v) is 8.89. The van der Waals surface area contributed by atoms with Gasteiger partial charge in [0.05, 0.1) is 12.7 Å². The van der Waals surface area contributed by atoms with E-state index in [0.717, 1.165) is 11.1 Å². The summed E-state index contributed by atoms with van der Waals surface area (Å²) in [6.07, 6.45) is -0.753. The number of ether oxygens (including phenoxy) is 2. The van der Waals surface area contributed by atoms with Crippen LogP contribution in [0, 0.1) is 0 Å². The van der Waals surface area contributed by atoms with Crippen molar-refractivity contribution in [3.8, 4) is 16.9 Å². The number of carbonyl (C=O) groups is 2. The van der Waals surface area contributed by atoms with Crippen molar-refractivity contribution in [2.75, 3.05) is 12.4 Å². The van der Waals surface area contributed by atoms with E-state index in [1.165, 1.54) is 7.11 Å². The number of benzene rings is 3. The number of anilines is 1. The van der Waals surface area contributed by atoms with Crippen molar-refractivity contribution in [2.24, 2.45) is 0 Å². The van der Waals surface area contributed by atoms with Crippen molar-refractivity contribution in [2.45, 2.75) is 13.0 Å². The average Bonchev–Trinajstić information content (AvgIpc) is 2.74. The Bertz CT molecular complexity index is 969. The zero-order chi connectivity index (χ0) is 19.9. The summed E-state index contributed by atoms with van der Waals surface area (Å²) in [6.45, 7) is 1.66. The van der Waals surface area contributed by atoms with Crippen molar-refractivity contribution in [1.82, 2.24) is 0 Å². The largest absolute Gasteiger partial charge is 0.481 e. The molecule has 1 N–H and O–H groups in total. The van der Waals surface area contributed by atoms with E-state index in [-0.39, 0.29) is 5.91 Å². The zero-order valence-corrected chi connectivity index (χ0v) is 15.7. The number of nitrogens with one attached hydrogen (secondary N) is 1. The van der Waals surface area contributed by atoms with Gasteiger partial charge in [0, 0.05) is 11.3 Å². The van der Waals surface area contributed by atoms with Gasteiger partial charge < -0.3 is 14.8 Å². The molecule has 0 radical (unpaired) electrons. The summed E-state index contributed by atoms with van der Waals surface area (Å²) >= 11 is 0.